The van der Waals surface area contributed by atoms with Gasteiger partial charge in [0.25, 0.3) is 0 Å². The van der Waals surface area contributed by atoms with Crippen LogP contribution in [0.4, 0.5) is 0 Å². The molecular weight excluding hydrogens is 319 g/mol. The zero-order valence-electron chi connectivity index (χ0n) is 8.08. The average Bonchev–Trinajstić information content (AvgIpc) is 2.24. The van der Waals surface area contributed by atoms with Crippen molar-refractivity contribution >= 4 is 22.6 Å². The van der Waals surface area contributed by atoms with E-state index in [0.717, 1.165) is 0 Å². The van der Waals surface area contributed by atoms with Crippen LogP contribution in [0.5, 0.6) is 0 Å². The molecule has 0 saturated carbocycles. The van der Waals surface area contributed by atoms with Crippen molar-refractivity contribution in [3.05, 3.63) is 0 Å². The van der Waals surface area contributed by atoms with Gasteiger partial charge in [-0.25, -0.2) is 0 Å². The van der Waals surface area contributed by atoms with Gasteiger partial charge in [-0.05, 0) is 22.6 Å². The molecule has 6 atom stereocenters. The van der Waals surface area contributed by atoms with Gasteiger partial charge in [0.2, 0.25) is 4.30 Å². The van der Waals surface area contributed by atoms with Gasteiger partial charge in [0.05, 0.1) is 6.61 Å². The summed E-state index contributed by atoms with van der Waals surface area (Å²) in [5, 5.41) is 19.4. The molecule has 2 aliphatic heterocycles. The van der Waals surface area contributed by atoms with E-state index in [1.165, 1.54) is 7.11 Å². The van der Waals surface area contributed by atoms with Crippen LogP contribution in [-0.2, 0) is 18.9 Å². The SMILES string of the molecule is COC1OC2COC(I)OC2C(O)C1O. The highest BCUT2D eigenvalue weighted by Crippen LogP contribution is 2.29. The fourth-order valence-electron chi connectivity index (χ4n) is 1.74. The second-order valence-electron chi connectivity index (χ2n) is 3.47. The van der Waals surface area contributed by atoms with Crippen LogP contribution in [0.25, 0.3) is 0 Å². The molecule has 2 N–H and O–H groups in total. The van der Waals surface area contributed by atoms with Gasteiger partial charge >= 0.3 is 0 Å². The lowest BCUT2D eigenvalue weighted by molar-refractivity contribution is -0.338. The fraction of sp³-hybridized carbons (Fsp3) is 1.00. The smallest absolute Gasteiger partial charge is 0.211 e. The van der Waals surface area contributed by atoms with Crippen molar-refractivity contribution in [2.24, 2.45) is 0 Å². The number of rotatable bonds is 1. The second-order valence-corrected chi connectivity index (χ2v) is 4.49. The largest absolute Gasteiger partial charge is 0.387 e. The summed E-state index contributed by atoms with van der Waals surface area (Å²) in [7, 11) is 1.41. The number of hydrogen-bond acceptors (Lipinski definition) is 6. The summed E-state index contributed by atoms with van der Waals surface area (Å²) >= 11 is 1.95. The Labute approximate surface area is 101 Å². The van der Waals surface area contributed by atoms with E-state index in [0.29, 0.717) is 6.61 Å². The van der Waals surface area contributed by atoms with Crippen molar-refractivity contribution in [1.29, 1.82) is 0 Å². The Morgan fingerprint density at radius 2 is 2.00 bits per heavy atom. The summed E-state index contributed by atoms with van der Waals surface area (Å²) in [6, 6.07) is 0. The summed E-state index contributed by atoms with van der Waals surface area (Å²) in [5.41, 5.74) is 0. The van der Waals surface area contributed by atoms with Crippen molar-refractivity contribution in [2.75, 3.05) is 13.7 Å². The third-order valence-corrected chi connectivity index (χ3v) is 3.18. The van der Waals surface area contributed by atoms with Gasteiger partial charge in [-0.2, -0.15) is 0 Å². The zero-order chi connectivity index (χ0) is 11.0. The van der Waals surface area contributed by atoms with Gasteiger partial charge in [-0.1, -0.05) is 0 Å². The Hall–Kier alpha value is 0.490. The Balaban J connectivity index is 2.07. The molecule has 2 saturated heterocycles. The van der Waals surface area contributed by atoms with Crippen molar-refractivity contribution in [1.82, 2.24) is 0 Å². The van der Waals surface area contributed by atoms with E-state index in [-0.39, 0.29) is 0 Å². The molecule has 2 fully saturated rings. The molecule has 0 aromatic heterocycles. The summed E-state index contributed by atoms with van der Waals surface area (Å²) in [6.45, 7) is 0.321. The molecule has 6 unspecified atom stereocenters. The Kier molecular flexibility index (Phi) is 3.81. The molecule has 2 aliphatic rings. The van der Waals surface area contributed by atoms with E-state index >= 15 is 0 Å². The molecule has 0 aromatic rings. The lowest BCUT2D eigenvalue weighted by Crippen LogP contribution is -2.62. The Morgan fingerprint density at radius 1 is 1.27 bits per heavy atom. The normalized spacial score (nSPS) is 51.2. The molecule has 0 aliphatic carbocycles. The number of aliphatic hydroxyl groups is 2. The zero-order valence-corrected chi connectivity index (χ0v) is 10.2. The summed E-state index contributed by atoms with van der Waals surface area (Å²) in [5.74, 6) is 0. The predicted octanol–water partition coefficient (Wildman–Crippen LogP) is -0.787. The van der Waals surface area contributed by atoms with Gasteiger partial charge in [-0.3, -0.25) is 0 Å². The maximum atomic E-state index is 9.80. The molecule has 6 nitrogen and oxygen atoms in total. The highest BCUT2D eigenvalue weighted by Gasteiger charge is 2.48. The topological polar surface area (TPSA) is 77.4 Å². The number of halogens is 1. The van der Waals surface area contributed by atoms with Crippen LogP contribution < -0.4 is 0 Å². The standard InChI is InChI=1S/C8H13IO6/c1-12-7-5(11)4(10)6-3(14-7)2-13-8(9)15-6/h3-8,10-11H,2H2,1H3. The summed E-state index contributed by atoms with van der Waals surface area (Å²) in [4.78, 5) is 0. The molecule has 0 bridgehead atoms. The molecule has 0 radical (unpaired) electrons. The number of aliphatic hydroxyl groups excluding tert-OH is 2. The first-order valence-corrected chi connectivity index (χ1v) is 5.83. The van der Waals surface area contributed by atoms with Crippen LogP contribution >= 0.6 is 22.6 Å². The van der Waals surface area contributed by atoms with E-state index in [4.69, 9.17) is 18.9 Å². The molecule has 2 heterocycles. The molecule has 7 heteroatoms. The number of alkyl halides is 1. The molecule has 0 amide bonds. The number of hydrogen-bond donors (Lipinski definition) is 2. The van der Waals surface area contributed by atoms with Gasteiger partial charge in [0.1, 0.15) is 24.4 Å². The Bertz CT molecular complexity index is 225. The average molecular weight is 332 g/mol. The van der Waals surface area contributed by atoms with Crippen LogP contribution in [0, 0.1) is 0 Å². The van der Waals surface area contributed by atoms with Crippen LogP contribution in [0.15, 0.2) is 0 Å². The highest BCUT2D eigenvalue weighted by molar-refractivity contribution is 14.1. The lowest BCUT2D eigenvalue weighted by atomic mass is 9.99. The van der Waals surface area contributed by atoms with Gasteiger partial charge < -0.3 is 29.2 Å². The van der Waals surface area contributed by atoms with E-state index in [2.05, 4.69) is 0 Å². The molecular formula is C8H13IO6. The Morgan fingerprint density at radius 3 is 2.67 bits per heavy atom. The van der Waals surface area contributed by atoms with Gasteiger partial charge in [0, 0.05) is 7.11 Å². The molecule has 15 heavy (non-hydrogen) atoms. The molecule has 0 spiro atoms. The third kappa shape index (κ3) is 2.28. The maximum Gasteiger partial charge on any atom is 0.211 e. The number of ether oxygens (including phenoxy) is 4. The van der Waals surface area contributed by atoms with E-state index < -0.39 is 35.0 Å². The predicted molar refractivity (Wildman–Crippen MR) is 56.3 cm³/mol. The highest BCUT2D eigenvalue weighted by atomic mass is 127. The monoisotopic (exact) mass is 332 g/mol. The van der Waals surface area contributed by atoms with E-state index in [1.807, 2.05) is 22.6 Å². The first kappa shape index (κ1) is 12.0. The first-order chi connectivity index (χ1) is 7.13. The van der Waals surface area contributed by atoms with Crippen molar-refractivity contribution in [3.63, 3.8) is 0 Å². The number of fused-ring (bicyclic) bond motifs is 1. The van der Waals surface area contributed by atoms with Crippen LogP contribution in [0.3, 0.4) is 0 Å². The first-order valence-electron chi connectivity index (χ1n) is 4.59. The third-order valence-electron chi connectivity index (χ3n) is 2.53. The van der Waals surface area contributed by atoms with Crippen molar-refractivity contribution in [3.8, 4) is 0 Å². The molecule has 88 valence electrons. The number of methoxy groups -OCH3 is 1. The van der Waals surface area contributed by atoms with Gasteiger partial charge in [-0.15, -0.1) is 0 Å². The summed E-state index contributed by atoms with van der Waals surface area (Å²) < 4.78 is 20.4. The minimum atomic E-state index is -1.10. The van der Waals surface area contributed by atoms with Crippen LogP contribution in [0.1, 0.15) is 0 Å². The quantitative estimate of drug-likeness (QED) is 0.484. The maximum absolute atomic E-state index is 9.80. The van der Waals surface area contributed by atoms with Crippen LogP contribution in [-0.4, -0.2) is 58.9 Å². The minimum absolute atomic E-state index is 0.321. The van der Waals surface area contributed by atoms with Crippen LogP contribution in [0.2, 0.25) is 0 Å². The van der Waals surface area contributed by atoms with Gasteiger partial charge in [0.15, 0.2) is 6.29 Å². The van der Waals surface area contributed by atoms with Crippen molar-refractivity contribution < 1.29 is 29.2 Å². The molecule has 2 rings (SSSR count). The van der Waals surface area contributed by atoms with Crippen molar-refractivity contribution in [2.45, 2.75) is 35.0 Å². The second kappa shape index (κ2) is 4.78. The van der Waals surface area contributed by atoms with E-state index in [9.17, 15) is 10.2 Å². The molecule has 0 aromatic carbocycles. The lowest BCUT2D eigenvalue weighted by Gasteiger charge is -2.44. The fourth-order valence-corrected chi connectivity index (χ4v) is 2.28. The summed E-state index contributed by atoms with van der Waals surface area (Å²) in [6.07, 6.45) is -3.92. The minimum Gasteiger partial charge on any atom is -0.387 e. The van der Waals surface area contributed by atoms with E-state index in [1.54, 1.807) is 0 Å².